The molecular formula is C21H19N9O3. The molecule has 4 aromatic rings. The van der Waals surface area contributed by atoms with E-state index >= 15 is 0 Å². The van der Waals surface area contributed by atoms with Crippen molar-refractivity contribution >= 4 is 17.8 Å². The van der Waals surface area contributed by atoms with Crippen LogP contribution in [0.3, 0.4) is 0 Å². The predicted octanol–water partition coefficient (Wildman–Crippen LogP) is 1.48. The van der Waals surface area contributed by atoms with E-state index in [1.165, 1.54) is 11.0 Å². The Morgan fingerprint density at radius 3 is 2.64 bits per heavy atom. The van der Waals surface area contributed by atoms with Gasteiger partial charge < -0.3 is 14.5 Å². The van der Waals surface area contributed by atoms with Gasteiger partial charge in [0.05, 0.1) is 29.0 Å². The van der Waals surface area contributed by atoms with Crippen LogP contribution in [0.1, 0.15) is 17.9 Å². The predicted molar refractivity (Wildman–Crippen MR) is 115 cm³/mol. The molecule has 12 heteroatoms. The van der Waals surface area contributed by atoms with E-state index in [9.17, 15) is 9.90 Å². The molecule has 1 amide bonds. The number of aryl methyl sites for hydroxylation is 1. The summed E-state index contributed by atoms with van der Waals surface area (Å²) in [5.74, 6) is 0.260. The third-order valence-electron chi connectivity index (χ3n) is 5.26. The Morgan fingerprint density at radius 2 is 1.88 bits per heavy atom. The maximum Gasteiger partial charge on any atom is 0.262 e. The van der Waals surface area contributed by atoms with E-state index in [0.717, 1.165) is 0 Å². The van der Waals surface area contributed by atoms with Crippen molar-refractivity contribution in [3.05, 3.63) is 54.2 Å². The van der Waals surface area contributed by atoms with Crippen molar-refractivity contribution in [2.24, 2.45) is 0 Å². The normalized spacial score (nSPS) is 18.0. The molecule has 1 unspecified atom stereocenters. The summed E-state index contributed by atoms with van der Waals surface area (Å²) < 4.78 is 5.32. The Balaban J connectivity index is 1.42. The van der Waals surface area contributed by atoms with E-state index in [4.69, 9.17) is 4.52 Å². The van der Waals surface area contributed by atoms with Gasteiger partial charge in [-0.05, 0) is 25.1 Å². The lowest BCUT2D eigenvalue weighted by Crippen LogP contribution is -2.35. The number of aromatic nitrogens is 7. The molecular weight excluding hydrogens is 426 g/mol. The van der Waals surface area contributed by atoms with E-state index < -0.39 is 11.5 Å². The van der Waals surface area contributed by atoms with Crippen LogP contribution in [-0.4, -0.2) is 64.8 Å². The molecule has 0 bridgehead atoms. The highest BCUT2D eigenvalue weighted by molar-refractivity contribution is 5.87. The molecule has 0 aromatic carbocycles. The number of carbonyl (C=O) groups excluding carboxylic acids is 1. The molecule has 12 nitrogen and oxygen atoms in total. The third kappa shape index (κ3) is 3.87. The van der Waals surface area contributed by atoms with Crippen molar-refractivity contribution in [3.8, 4) is 22.8 Å². The summed E-state index contributed by atoms with van der Waals surface area (Å²) in [6, 6.07) is 8.61. The topological polar surface area (TPSA) is 156 Å². The maximum atomic E-state index is 12.3. The van der Waals surface area contributed by atoms with Crippen LogP contribution in [-0.2, 0) is 10.4 Å². The summed E-state index contributed by atoms with van der Waals surface area (Å²) in [5.41, 5.74) is 1.03. The number of anilines is 2. The van der Waals surface area contributed by atoms with Gasteiger partial charge in [-0.2, -0.15) is 5.10 Å². The fraction of sp³-hybridized carbons (Fsp3) is 0.238. The molecule has 1 saturated heterocycles. The molecule has 1 atom stereocenters. The van der Waals surface area contributed by atoms with Gasteiger partial charge in [-0.1, -0.05) is 11.2 Å². The zero-order valence-corrected chi connectivity index (χ0v) is 17.8. The standard InChI is InChI=1S/C21H19N9O3/c1-12-11-23-28-20(24-12)27-19-22-8-6-15(26-19)13-4-3-5-14(25-13)16-10-17(33-29-16)21(32)7-9-30(2)18(21)31/h3-6,8,10-11,32H,7,9H2,1-2H3,(H,22,24,26,27,28). The van der Waals surface area contributed by atoms with E-state index in [1.54, 1.807) is 50.6 Å². The highest BCUT2D eigenvalue weighted by Gasteiger charge is 2.48. The quantitative estimate of drug-likeness (QED) is 0.458. The van der Waals surface area contributed by atoms with Gasteiger partial charge in [-0.3, -0.25) is 10.1 Å². The van der Waals surface area contributed by atoms with Crippen molar-refractivity contribution in [2.45, 2.75) is 18.9 Å². The van der Waals surface area contributed by atoms with Crippen LogP contribution < -0.4 is 5.32 Å². The molecule has 4 aromatic heterocycles. The van der Waals surface area contributed by atoms with Gasteiger partial charge in [-0.15, -0.1) is 5.10 Å². The van der Waals surface area contributed by atoms with Crippen molar-refractivity contribution in [1.82, 2.24) is 40.2 Å². The number of amides is 1. The van der Waals surface area contributed by atoms with Crippen LogP contribution in [0.4, 0.5) is 11.9 Å². The molecule has 166 valence electrons. The van der Waals surface area contributed by atoms with E-state index in [0.29, 0.717) is 41.0 Å². The summed E-state index contributed by atoms with van der Waals surface area (Å²) in [4.78, 5) is 31.3. The number of likely N-dealkylation sites (tertiary alicyclic amines) is 1. The maximum absolute atomic E-state index is 12.3. The summed E-state index contributed by atoms with van der Waals surface area (Å²) in [6.45, 7) is 2.24. The van der Waals surface area contributed by atoms with Crippen molar-refractivity contribution in [1.29, 1.82) is 0 Å². The number of pyridine rings is 1. The van der Waals surface area contributed by atoms with Crippen LogP contribution in [0.5, 0.6) is 0 Å². The summed E-state index contributed by atoms with van der Waals surface area (Å²) in [5, 5.41) is 25.5. The zero-order chi connectivity index (χ0) is 23.0. The van der Waals surface area contributed by atoms with Crippen LogP contribution in [0, 0.1) is 6.92 Å². The summed E-state index contributed by atoms with van der Waals surface area (Å²) >= 11 is 0. The molecule has 5 rings (SSSR count). The first-order valence-corrected chi connectivity index (χ1v) is 10.1. The van der Waals surface area contributed by atoms with Gasteiger partial charge in [0.25, 0.3) is 5.91 Å². The first-order valence-electron chi connectivity index (χ1n) is 10.1. The number of aliphatic hydroxyl groups is 1. The number of hydrogen-bond acceptors (Lipinski definition) is 11. The molecule has 1 aliphatic rings. The van der Waals surface area contributed by atoms with Crippen molar-refractivity contribution in [2.75, 3.05) is 18.9 Å². The molecule has 5 heterocycles. The number of hydrogen-bond donors (Lipinski definition) is 2. The summed E-state index contributed by atoms with van der Waals surface area (Å²) in [7, 11) is 1.63. The molecule has 1 fully saturated rings. The minimum absolute atomic E-state index is 0.0966. The minimum Gasteiger partial charge on any atom is -0.373 e. The lowest BCUT2D eigenvalue weighted by Gasteiger charge is -2.16. The second-order valence-electron chi connectivity index (χ2n) is 7.63. The Kier molecular flexibility index (Phi) is 4.98. The van der Waals surface area contributed by atoms with E-state index in [-0.39, 0.29) is 18.1 Å². The summed E-state index contributed by atoms with van der Waals surface area (Å²) in [6.07, 6.45) is 3.38. The van der Waals surface area contributed by atoms with Gasteiger partial charge in [0.2, 0.25) is 17.5 Å². The number of nitrogens with zero attached hydrogens (tertiary/aromatic N) is 8. The van der Waals surface area contributed by atoms with Crippen LogP contribution in [0.25, 0.3) is 22.8 Å². The largest absolute Gasteiger partial charge is 0.373 e. The first kappa shape index (κ1) is 20.6. The average molecular weight is 445 g/mol. The molecule has 33 heavy (non-hydrogen) atoms. The molecule has 2 N–H and O–H groups in total. The van der Waals surface area contributed by atoms with Gasteiger partial charge in [0.1, 0.15) is 5.69 Å². The molecule has 0 radical (unpaired) electrons. The lowest BCUT2D eigenvalue weighted by molar-refractivity contribution is -0.144. The van der Waals surface area contributed by atoms with Crippen LogP contribution in [0.15, 0.2) is 47.2 Å². The molecule has 0 spiro atoms. The van der Waals surface area contributed by atoms with Gasteiger partial charge in [0, 0.05) is 32.3 Å². The Morgan fingerprint density at radius 1 is 1.09 bits per heavy atom. The fourth-order valence-electron chi connectivity index (χ4n) is 3.49. The van der Waals surface area contributed by atoms with Crippen LogP contribution in [0.2, 0.25) is 0 Å². The van der Waals surface area contributed by atoms with Gasteiger partial charge >= 0.3 is 0 Å². The number of nitrogens with one attached hydrogen (secondary N) is 1. The van der Waals surface area contributed by atoms with Gasteiger partial charge in [-0.25, -0.2) is 19.9 Å². The number of likely N-dealkylation sites (N-methyl/N-ethyl adjacent to an activating group) is 1. The Labute approximate surface area is 187 Å². The Hall–Kier alpha value is -4.32. The monoisotopic (exact) mass is 445 g/mol. The first-order chi connectivity index (χ1) is 15.9. The number of carbonyl (C=O) groups is 1. The van der Waals surface area contributed by atoms with Gasteiger partial charge in [0.15, 0.2) is 5.76 Å². The second-order valence-corrected chi connectivity index (χ2v) is 7.63. The zero-order valence-electron chi connectivity index (χ0n) is 17.8. The second kappa shape index (κ2) is 7.98. The van der Waals surface area contributed by atoms with Crippen molar-refractivity contribution < 1.29 is 14.4 Å². The van der Waals surface area contributed by atoms with E-state index in [1.807, 2.05) is 0 Å². The SMILES string of the molecule is Cc1cnnc(Nc2nccc(-c3cccc(-c4cc(C5(O)CCN(C)C5=O)on4)n3)n2)n1. The molecule has 1 aliphatic heterocycles. The molecule has 0 aliphatic carbocycles. The van der Waals surface area contributed by atoms with E-state index in [2.05, 4.69) is 40.6 Å². The van der Waals surface area contributed by atoms with Crippen LogP contribution >= 0.6 is 0 Å². The highest BCUT2D eigenvalue weighted by atomic mass is 16.5. The fourth-order valence-corrected chi connectivity index (χ4v) is 3.49. The highest BCUT2D eigenvalue weighted by Crippen LogP contribution is 2.34. The minimum atomic E-state index is -1.71. The Bertz CT molecular complexity index is 1340. The molecule has 0 saturated carbocycles. The number of rotatable bonds is 5. The van der Waals surface area contributed by atoms with Crippen molar-refractivity contribution in [3.63, 3.8) is 0 Å². The average Bonchev–Trinajstić information content (AvgIpc) is 3.42. The third-order valence-corrected chi connectivity index (χ3v) is 5.26. The lowest BCUT2D eigenvalue weighted by atomic mass is 9.98. The smallest absolute Gasteiger partial charge is 0.262 e.